The van der Waals surface area contributed by atoms with Crippen molar-refractivity contribution in [2.75, 3.05) is 53.5 Å². The van der Waals surface area contributed by atoms with Gasteiger partial charge in [0.2, 0.25) is 0 Å². The Labute approximate surface area is 239 Å². The van der Waals surface area contributed by atoms with Gasteiger partial charge >= 0.3 is 0 Å². The van der Waals surface area contributed by atoms with Gasteiger partial charge in [-0.05, 0) is 97.9 Å². The van der Waals surface area contributed by atoms with E-state index in [1.807, 2.05) is 30.3 Å². The Hall–Kier alpha value is -2.72. The van der Waals surface area contributed by atoms with Gasteiger partial charge in [0.1, 0.15) is 11.5 Å². The highest BCUT2D eigenvalue weighted by Gasteiger charge is 2.52. The molecule has 0 spiro atoms. The molecule has 5 aliphatic rings. The van der Waals surface area contributed by atoms with Crippen LogP contribution in [0.5, 0.6) is 11.5 Å². The Morgan fingerprint density at radius 2 is 1.70 bits per heavy atom. The van der Waals surface area contributed by atoms with Gasteiger partial charge in [-0.1, -0.05) is 18.2 Å². The first-order valence-electron chi connectivity index (χ1n) is 15.1. The van der Waals surface area contributed by atoms with Gasteiger partial charge in [-0.2, -0.15) is 0 Å². The summed E-state index contributed by atoms with van der Waals surface area (Å²) in [5.74, 6) is 7.96. The first-order valence-corrected chi connectivity index (χ1v) is 15.1. The van der Waals surface area contributed by atoms with E-state index in [9.17, 15) is 0 Å². The summed E-state index contributed by atoms with van der Waals surface area (Å²) in [6.45, 7) is 4.19. The molecule has 214 valence electrons. The van der Waals surface area contributed by atoms with Gasteiger partial charge < -0.3 is 28.6 Å². The molecule has 1 atom stereocenters. The number of hydrogen-bond donors (Lipinski definition) is 0. The summed E-state index contributed by atoms with van der Waals surface area (Å²) >= 11 is 0. The minimum atomic E-state index is 0.213. The standard InChI is InChI=1S/C34H43NO5/c1-36-15-16-38-25-40-33-8-7-26(20-32(33)34-21-27-17-28(22-34)19-29(18-27)23-34)9-11-35-12-14-37-24-30(35)10-13-39-31-5-3-2-4-6-31/h2-8,20,27-30H,10,12-19,21-25H2,1H3. The molecule has 1 heterocycles. The Balaban J connectivity index is 1.18. The summed E-state index contributed by atoms with van der Waals surface area (Å²) < 4.78 is 28.8. The molecule has 0 radical (unpaired) electrons. The summed E-state index contributed by atoms with van der Waals surface area (Å²) in [7, 11) is 1.69. The second-order valence-corrected chi connectivity index (χ2v) is 12.2. The predicted molar refractivity (Wildman–Crippen MR) is 154 cm³/mol. The van der Waals surface area contributed by atoms with Crippen LogP contribution in [0, 0.1) is 29.7 Å². The van der Waals surface area contributed by atoms with Crippen LogP contribution in [0.15, 0.2) is 48.5 Å². The number of benzene rings is 2. The molecule has 0 N–H and O–H groups in total. The summed E-state index contributed by atoms with van der Waals surface area (Å²) in [6.07, 6.45) is 8.97. The number of methoxy groups -OCH3 is 1. The van der Waals surface area contributed by atoms with Gasteiger partial charge in [0.25, 0.3) is 0 Å². The van der Waals surface area contributed by atoms with Gasteiger partial charge in [0, 0.05) is 37.2 Å². The molecule has 0 aromatic heterocycles. The van der Waals surface area contributed by atoms with Crippen molar-refractivity contribution in [3.8, 4) is 23.5 Å². The van der Waals surface area contributed by atoms with Crippen molar-refractivity contribution in [1.82, 2.24) is 4.90 Å². The molecule has 40 heavy (non-hydrogen) atoms. The minimum Gasteiger partial charge on any atom is -0.494 e. The van der Waals surface area contributed by atoms with E-state index in [0.29, 0.717) is 33.0 Å². The molecule has 4 bridgehead atoms. The van der Waals surface area contributed by atoms with E-state index < -0.39 is 0 Å². The van der Waals surface area contributed by atoms with Crippen LogP contribution in [0.1, 0.15) is 56.1 Å². The van der Waals surface area contributed by atoms with E-state index in [1.54, 1.807) is 7.11 Å². The van der Waals surface area contributed by atoms with Crippen molar-refractivity contribution in [3.05, 3.63) is 59.7 Å². The predicted octanol–water partition coefficient (Wildman–Crippen LogP) is 5.63. The lowest BCUT2D eigenvalue weighted by Crippen LogP contribution is -2.48. The zero-order chi connectivity index (χ0) is 27.2. The normalized spacial score (nSPS) is 28.7. The van der Waals surface area contributed by atoms with Crippen LogP contribution < -0.4 is 9.47 Å². The van der Waals surface area contributed by atoms with Crippen molar-refractivity contribution in [2.24, 2.45) is 17.8 Å². The lowest BCUT2D eigenvalue weighted by Gasteiger charge is -2.57. The molecule has 1 unspecified atom stereocenters. The molecule has 7 rings (SSSR count). The highest BCUT2D eigenvalue weighted by Crippen LogP contribution is 2.62. The third-order valence-electron chi connectivity index (χ3n) is 9.35. The highest BCUT2D eigenvalue weighted by molar-refractivity contribution is 5.49. The molecular weight excluding hydrogens is 502 g/mol. The fraction of sp³-hybridized carbons (Fsp3) is 0.588. The van der Waals surface area contributed by atoms with Crippen LogP contribution in [-0.2, 0) is 19.6 Å². The topological polar surface area (TPSA) is 49.4 Å². The van der Waals surface area contributed by atoms with Gasteiger partial charge in [-0.15, -0.1) is 0 Å². The second kappa shape index (κ2) is 12.9. The smallest absolute Gasteiger partial charge is 0.189 e. The lowest BCUT2D eigenvalue weighted by atomic mass is 9.48. The quantitative estimate of drug-likeness (QED) is 0.207. The van der Waals surface area contributed by atoms with Crippen molar-refractivity contribution in [2.45, 2.75) is 56.4 Å². The Morgan fingerprint density at radius 1 is 0.925 bits per heavy atom. The average molecular weight is 546 g/mol. The SMILES string of the molecule is COCCOCOc1ccc(C#CN2CCOCC2CCOc2ccccc2)cc1C12CC3CC(CC(C3)C1)C2. The Morgan fingerprint density at radius 3 is 2.45 bits per heavy atom. The molecule has 1 aliphatic heterocycles. The van der Waals surface area contributed by atoms with Gasteiger partial charge in [0.15, 0.2) is 6.79 Å². The van der Waals surface area contributed by atoms with Crippen molar-refractivity contribution in [3.63, 3.8) is 0 Å². The summed E-state index contributed by atoms with van der Waals surface area (Å²) in [5, 5.41) is 0. The molecule has 2 aromatic carbocycles. The molecule has 0 amide bonds. The maximum atomic E-state index is 6.25. The van der Waals surface area contributed by atoms with Crippen LogP contribution in [0.2, 0.25) is 0 Å². The zero-order valence-electron chi connectivity index (χ0n) is 23.8. The van der Waals surface area contributed by atoms with E-state index in [1.165, 1.54) is 44.1 Å². The third-order valence-corrected chi connectivity index (χ3v) is 9.35. The molecule has 1 saturated heterocycles. The van der Waals surface area contributed by atoms with Gasteiger partial charge in [-0.3, -0.25) is 0 Å². The van der Waals surface area contributed by atoms with E-state index in [0.717, 1.165) is 47.8 Å². The number of hydrogen-bond acceptors (Lipinski definition) is 6. The number of nitrogens with zero attached hydrogens (tertiary/aromatic N) is 1. The van der Waals surface area contributed by atoms with Crippen molar-refractivity contribution >= 4 is 0 Å². The maximum Gasteiger partial charge on any atom is 0.189 e. The number of morpholine rings is 1. The van der Waals surface area contributed by atoms with Crippen LogP contribution in [0.3, 0.4) is 0 Å². The maximum absolute atomic E-state index is 6.25. The monoisotopic (exact) mass is 545 g/mol. The average Bonchev–Trinajstić information content (AvgIpc) is 2.97. The summed E-state index contributed by atoms with van der Waals surface area (Å²) in [5.41, 5.74) is 2.62. The largest absolute Gasteiger partial charge is 0.494 e. The van der Waals surface area contributed by atoms with Crippen LogP contribution in [0.4, 0.5) is 0 Å². The lowest BCUT2D eigenvalue weighted by molar-refractivity contribution is -0.0189. The first-order chi connectivity index (χ1) is 19.7. The van der Waals surface area contributed by atoms with E-state index in [4.69, 9.17) is 23.7 Å². The number of ether oxygens (including phenoxy) is 5. The Kier molecular flexibility index (Phi) is 8.82. The van der Waals surface area contributed by atoms with E-state index >= 15 is 0 Å². The number of para-hydroxylation sites is 1. The van der Waals surface area contributed by atoms with Crippen LogP contribution in [-0.4, -0.2) is 64.4 Å². The van der Waals surface area contributed by atoms with Gasteiger partial charge in [-0.25, -0.2) is 0 Å². The van der Waals surface area contributed by atoms with Crippen molar-refractivity contribution < 1.29 is 23.7 Å². The Bertz CT molecular complexity index is 1140. The van der Waals surface area contributed by atoms with E-state index in [-0.39, 0.29) is 18.2 Å². The number of rotatable bonds is 11. The first kappa shape index (κ1) is 27.4. The third kappa shape index (κ3) is 6.43. The molecule has 4 aliphatic carbocycles. The fourth-order valence-corrected chi connectivity index (χ4v) is 7.90. The molecule has 6 nitrogen and oxygen atoms in total. The summed E-state index contributed by atoms with van der Waals surface area (Å²) in [6, 6.07) is 20.3. The van der Waals surface area contributed by atoms with Crippen molar-refractivity contribution in [1.29, 1.82) is 0 Å². The molecular formula is C34H43NO5. The molecule has 5 fully saturated rings. The fourth-order valence-electron chi connectivity index (χ4n) is 7.90. The van der Waals surface area contributed by atoms with Crippen LogP contribution in [0.25, 0.3) is 0 Å². The molecule has 4 saturated carbocycles. The minimum absolute atomic E-state index is 0.213. The molecule has 6 heteroatoms. The molecule has 2 aromatic rings. The summed E-state index contributed by atoms with van der Waals surface area (Å²) in [4.78, 5) is 2.25. The van der Waals surface area contributed by atoms with E-state index in [2.05, 4.69) is 35.1 Å². The second-order valence-electron chi connectivity index (χ2n) is 12.2. The zero-order valence-corrected chi connectivity index (χ0v) is 23.8. The highest BCUT2D eigenvalue weighted by atomic mass is 16.7. The van der Waals surface area contributed by atoms with Gasteiger partial charge in [0.05, 0.1) is 39.1 Å². The van der Waals surface area contributed by atoms with Crippen LogP contribution >= 0.6 is 0 Å².